The third-order valence-electron chi connectivity index (χ3n) is 2.72. The minimum atomic E-state index is -0.218. The fourth-order valence-electron chi connectivity index (χ4n) is 1.97. The van der Waals surface area contributed by atoms with E-state index in [0.717, 1.165) is 6.54 Å². The summed E-state index contributed by atoms with van der Waals surface area (Å²) in [4.78, 5) is 2.06. The summed E-state index contributed by atoms with van der Waals surface area (Å²) in [6.45, 7) is 6.15. The van der Waals surface area contributed by atoms with Gasteiger partial charge in [-0.15, -0.1) is 5.10 Å². The van der Waals surface area contributed by atoms with Crippen molar-refractivity contribution in [1.29, 1.82) is 5.41 Å². The van der Waals surface area contributed by atoms with Crippen LogP contribution in [0, 0.1) is 5.41 Å². The number of nitrogens with one attached hydrogen (secondary N) is 1. The molecule has 0 amide bonds. The molecule has 92 valence electrons. The van der Waals surface area contributed by atoms with Gasteiger partial charge in [-0.05, 0) is 19.9 Å². The first-order valence-electron chi connectivity index (χ1n) is 5.54. The normalized spacial score (nSPS) is 19.1. The van der Waals surface area contributed by atoms with Gasteiger partial charge in [0.05, 0.1) is 24.0 Å². The third kappa shape index (κ3) is 2.52. The molecular formula is C11H17N5O. The highest BCUT2D eigenvalue weighted by Crippen LogP contribution is 2.23. The van der Waals surface area contributed by atoms with E-state index >= 15 is 0 Å². The summed E-state index contributed by atoms with van der Waals surface area (Å²) in [5, 5.41) is 15.5. The number of nitrogens with zero attached hydrogens (tertiary/aromatic N) is 3. The van der Waals surface area contributed by atoms with Gasteiger partial charge in [0.15, 0.2) is 5.82 Å². The van der Waals surface area contributed by atoms with Gasteiger partial charge in [0, 0.05) is 13.1 Å². The molecule has 1 aromatic rings. The van der Waals surface area contributed by atoms with Crippen molar-refractivity contribution in [3.8, 4) is 0 Å². The van der Waals surface area contributed by atoms with Crippen molar-refractivity contribution in [3.63, 3.8) is 0 Å². The zero-order valence-corrected chi connectivity index (χ0v) is 10.1. The second kappa shape index (κ2) is 4.29. The molecular weight excluding hydrogens is 218 g/mol. The lowest BCUT2D eigenvalue weighted by molar-refractivity contribution is -0.0279. The van der Waals surface area contributed by atoms with Crippen LogP contribution in [0.4, 0.5) is 5.82 Å². The standard InChI is InChI=1S/C11H17N5O/c1-11(2)7-16(5-6-17-11)10-8(9(12)13)3-4-14-15-10/h3-4H,5-7H2,1-2H3,(H3,12,13). The minimum Gasteiger partial charge on any atom is -0.384 e. The van der Waals surface area contributed by atoms with Gasteiger partial charge in [0.25, 0.3) is 0 Å². The van der Waals surface area contributed by atoms with Crippen LogP contribution in [0.1, 0.15) is 19.4 Å². The Bertz CT molecular complexity index is 432. The van der Waals surface area contributed by atoms with E-state index in [4.69, 9.17) is 15.9 Å². The first-order valence-corrected chi connectivity index (χ1v) is 5.54. The molecule has 1 aliphatic rings. The maximum absolute atomic E-state index is 7.55. The van der Waals surface area contributed by atoms with Crippen molar-refractivity contribution in [2.45, 2.75) is 19.4 Å². The van der Waals surface area contributed by atoms with Crippen molar-refractivity contribution in [1.82, 2.24) is 10.2 Å². The highest BCUT2D eigenvalue weighted by atomic mass is 16.5. The number of aromatic nitrogens is 2. The predicted molar refractivity (Wildman–Crippen MR) is 65.3 cm³/mol. The Labute approximate surface area is 100 Å². The molecule has 1 fully saturated rings. The highest BCUT2D eigenvalue weighted by molar-refractivity contribution is 5.99. The van der Waals surface area contributed by atoms with E-state index in [9.17, 15) is 0 Å². The largest absolute Gasteiger partial charge is 0.384 e. The number of rotatable bonds is 2. The van der Waals surface area contributed by atoms with Gasteiger partial charge in [0.1, 0.15) is 5.84 Å². The lowest BCUT2D eigenvalue weighted by Crippen LogP contribution is -2.49. The van der Waals surface area contributed by atoms with Gasteiger partial charge in [-0.3, -0.25) is 5.41 Å². The van der Waals surface area contributed by atoms with Gasteiger partial charge in [-0.25, -0.2) is 0 Å². The first-order chi connectivity index (χ1) is 7.99. The Morgan fingerprint density at radius 3 is 3.00 bits per heavy atom. The van der Waals surface area contributed by atoms with Crippen LogP contribution in [0.3, 0.4) is 0 Å². The highest BCUT2D eigenvalue weighted by Gasteiger charge is 2.29. The van der Waals surface area contributed by atoms with Crippen molar-refractivity contribution in [3.05, 3.63) is 17.8 Å². The van der Waals surface area contributed by atoms with Crippen molar-refractivity contribution >= 4 is 11.7 Å². The van der Waals surface area contributed by atoms with Crippen LogP contribution in [0.15, 0.2) is 12.3 Å². The van der Waals surface area contributed by atoms with Crippen molar-refractivity contribution < 1.29 is 4.74 Å². The minimum absolute atomic E-state index is 0.0131. The Balaban J connectivity index is 2.30. The molecule has 0 unspecified atom stereocenters. The Morgan fingerprint density at radius 2 is 2.35 bits per heavy atom. The van der Waals surface area contributed by atoms with Crippen LogP contribution < -0.4 is 10.6 Å². The summed E-state index contributed by atoms with van der Waals surface area (Å²) < 4.78 is 5.64. The second-order valence-electron chi connectivity index (χ2n) is 4.71. The molecule has 1 saturated heterocycles. The molecule has 0 aromatic carbocycles. The molecule has 0 radical (unpaired) electrons. The number of nitrogens with two attached hydrogens (primary N) is 1. The van der Waals surface area contributed by atoms with Crippen molar-refractivity contribution in [2.75, 3.05) is 24.6 Å². The van der Waals surface area contributed by atoms with Crippen LogP contribution in [0.25, 0.3) is 0 Å². The smallest absolute Gasteiger partial charge is 0.162 e. The lowest BCUT2D eigenvalue weighted by Gasteiger charge is -2.39. The summed E-state index contributed by atoms with van der Waals surface area (Å²) in [5.41, 5.74) is 5.95. The zero-order chi connectivity index (χ0) is 12.5. The topological polar surface area (TPSA) is 88.1 Å². The summed E-state index contributed by atoms with van der Waals surface area (Å²) in [6, 6.07) is 1.72. The molecule has 1 aromatic heterocycles. The molecule has 0 aliphatic carbocycles. The molecule has 0 bridgehead atoms. The third-order valence-corrected chi connectivity index (χ3v) is 2.72. The summed E-state index contributed by atoms with van der Waals surface area (Å²) in [7, 11) is 0. The van der Waals surface area contributed by atoms with E-state index in [1.54, 1.807) is 12.3 Å². The number of hydrogen-bond donors (Lipinski definition) is 2. The summed E-state index contributed by atoms with van der Waals surface area (Å²) in [6.07, 6.45) is 1.55. The maximum Gasteiger partial charge on any atom is 0.162 e. The van der Waals surface area contributed by atoms with E-state index in [1.165, 1.54) is 0 Å². The summed E-state index contributed by atoms with van der Waals surface area (Å²) >= 11 is 0. The second-order valence-corrected chi connectivity index (χ2v) is 4.71. The average molecular weight is 235 g/mol. The molecule has 2 rings (SSSR count). The molecule has 1 aliphatic heterocycles. The Kier molecular flexibility index (Phi) is 2.97. The molecule has 0 saturated carbocycles. The van der Waals surface area contributed by atoms with Gasteiger partial charge < -0.3 is 15.4 Å². The van der Waals surface area contributed by atoms with E-state index in [2.05, 4.69) is 15.1 Å². The number of ether oxygens (including phenoxy) is 1. The Morgan fingerprint density at radius 1 is 1.59 bits per heavy atom. The van der Waals surface area contributed by atoms with Crippen LogP contribution in [0.5, 0.6) is 0 Å². The fourth-order valence-corrected chi connectivity index (χ4v) is 1.97. The van der Waals surface area contributed by atoms with Gasteiger partial charge >= 0.3 is 0 Å². The first kappa shape index (κ1) is 11.8. The predicted octanol–water partition coefficient (Wildman–Crippen LogP) is 0.376. The van der Waals surface area contributed by atoms with E-state index < -0.39 is 0 Å². The SMILES string of the molecule is CC1(C)CN(c2nnccc2C(=N)N)CCO1. The van der Waals surface area contributed by atoms with Gasteiger partial charge in [-0.2, -0.15) is 5.10 Å². The number of anilines is 1. The summed E-state index contributed by atoms with van der Waals surface area (Å²) in [5.74, 6) is 0.676. The van der Waals surface area contributed by atoms with Gasteiger partial charge in [0.2, 0.25) is 0 Å². The fraction of sp³-hybridized carbons (Fsp3) is 0.545. The van der Waals surface area contributed by atoms with Gasteiger partial charge in [-0.1, -0.05) is 0 Å². The molecule has 3 N–H and O–H groups in total. The molecule has 17 heavy (non-hydrogen) atoms. The molecule has 6 nitrogen and oxygen atoms in total. The zero-order valence-electron chi connectivity index (χ0n) is 10.1. The number of amidine groups is 1. The van der Waals surface area contributed by atoms with Crippen LogP contribution in [0.2, 0.25) is 0 Å². The van der Waals surface area contributed by atoms with E-state index in [1.807, 2.05) is 13.8 Å². The van der Waals surface area contributed by atoms with E-state index in [-0.39, 0.29) is 11.4 Å². The quantitative estimate of drug-likeness (QED) is 0.571. The van der Waals surface area contributed by atoms with Crippen LogP contribution in [-0.4, -0.2) is 41.3 Å². The van der Waals surface area contributed by atoms with E-state index in [0.29, 0.717) is 24.5 Å². The van der Waals surface area contributed by atoms with Crippen LogP contribution >= 0.6 is 0 Å². The monoisotopic (exact) mass is 235 g/mol. The maximum atomic E-state index is 7.55. The molecule has 6 heteroatoms. The number of morpholine rings is 1. The van der Waals surface area contributed by atoms with Crippen LogP contribution in [-0.2, 0) is 4.74 Å². The molecule has 2 heterocycles. The average Bonchev–Trinajstić information content (AvgIpc) is 2.27. The number of hydrogen-bond acceptors (Lipinski definition) is 5. The van der Waals surface area contributed by atoms with Crippen molar-refractivity contribution in [2.24, 2.45) is 5.73 Å². The number of nitrogen functional groups attached to an aromatic ring is 1. The molecule has 0 spiro atoms. The molecule has 0 atom stereocenters. The lowest BCUT2D eigenvalue weighted by atomic mass is 10.1. The Hall–Kier alpha value is -1.69.